The summed E-state index contributed by atoms with van der Waals surface area (Å²) in [6, 6.07) is 8.53. The number of nitrogens with zero attached hydrogens (tertiary/aromatic N) is 4. The molecule has 0 aliphatic carbocycles. The molecule has 2 aromatic rings. The zero-order valence-electron chi connectivity index (χ0n) is 19.2. The van der Waals surface area contributed by atoms with Crippen LogP contribution < -0.4 is 5.32 Å². The molecular weight excluding hydrogens is 430 g/mol. The molecule has 1 aromatic heterocycles. The Hall–Kier alpha value is -2.30. The Bertz CT molecular complexity index is 1040. The maximum Gasteiger partial charge on any atom is 0.390 e. The van der Waals surface area contributed by atoms with Crippen molar-refractivity contribution in [2.45, 2.75) is 69.9 Å². The van der Waals surface area contributed by atoms with Gasteiger partial charge in [-0.3, -0.25) is 0 Å². The van der Waals surface area contributed by atoms with Crippen molar-refractivity contribution in [1.82, 2.24) is 19.4 Å². The molecule has 3 rings (SSSR count). The smallest absolute Gasteiger partial charge is 0.358 e. The number of aryl methyl sites for hydroxylation is 2. The minimum absolute atomic E-state index is 0.0543. The van der Waals surface area contributed by atoms with Crippen molar-refractivity contribution in [1.29, 1.82) is 0 Å². The van der Waals surface area contributed by atoms with Crippen LogP contribution >= 0.6 is 0 Å². The molecule has 9 nitrogen and oxygen atoms in total. The second-order valence-corrected chi connectivity index (χ2v) is 11.2. The van der Waals surface area contributed by atoms with Crippen molar-refractivity contribution >= 4 is 15.8 Å². The van der Waals surface area contributed by atoms with E-state index in [0.29, 0.717) is 30.1 Å². The summed E-state index contributed by atoms with van der Waals surface area (Å²) in [6.45, 7) is 10.4. The van der Waals surface area contributed by atoms with Crippen LogP contribution in [0.2, 0.25) is 0 Å². The highest BCUT2D eigenvalue weighted by Crippen LogP contribution is 2.27. The second kappa shape index (κ2) is 9.68. The number of sulfonamides is 1. The first-order valence-electron chi connectivity index (χ1n) is 11.0. The molecule has 0 atom stereocenters. The van der Waals surface area contributed by atoms with Crippen molar-refractivity contribution in [3.63, 3.8) is 0 Å². The molecule has 2 heterocycles. The molecule has 10 heteroatoms. The Morgan fingerprint density at radius 1 is 1.22 bits per heavy atom. The molecule has 0 saturated carbocycles. The van der Waals surface area contributed by atoms with Crippen molar-refractivity contribution in [2.75, 3.05) is 19.6 Å². The predicted molar refractivity (Wildman–Crippen MR) is 123 cm³/mol. The maximum absolute atomic E-state index is 13.6. The van der Waals surface area contributed by atoms with Gasteiger partial charge in [-0.05, 0) is 67.3 Å². The van der Waals surface area contributed by atoms with Crippen molar-refractivity contribution in [3.8, 4) is 0 Å². The van der Waals surface area contributed by atoms with Crippen LogP contribution in [0.25, 0.3) is 0 Å². The van der Waals surface area contributed by atoms with Gasteiger partial charge in [0.15, 0.2) is 0 Å². The zero-order chi connectivity index (χ0) is 23.5. The summed E-state index contributed by atoms with van der Waals surface area (Å²) < 4.78 is 30.4. The lowest BCUT2D eigenvalue weighted by atomic mass is 9.87. The third-order valence-electron chi connectivity index (χ3n) is 5.95. The number of hydrogen-bond donors (Lipinski definition) is 1. The van der Waals surface area contributed by atoms with Gasteiger partial charge >= 0.3 is 5.82 Å². The van der Waals surface area contributed by atoms with Gasteiger partial charge in [0.1, 0.15) is 0 Å². The summed E-state index contributed by atoms with van der Waals surface area (Å²) in [5.74, 6) is -0.190. The summed E-state index contributed by atoms with van der Waals surface area (Å²) in [5, 5.41) is 18.3. The highest BCUT2D eigenvalue weighted by atomic mass is 32.2. The van der Waals surface area contributed by atoms with E-state index in [1.165, 1.54) is 6.07 Å². The van der Waals surface area contributed by atoms with Crippen LogP contribution in [0.4, 0.5) is 5.82 Å². The molecule has 1 aromatic carbocycles. The fraction of sp³-hybridized carbons (Fsp3) is 0.591. The number of piperidine rings is 1. The fourth-order valence-electron chi connectivity index (χ4n) is 4.04. The van der Waals surface area contributed by atoms with Crippen molar-refractivity contribution in [3.05, 3.63) is 51.7 Å². The van der Waals surface area contributed by atoms with Crippen molar-refractivity contribution < 1.29 is 13.3 Å². The topological polar surface area (TPSA) is 110 Å². The van der Waals surface area contributed by atoms with E-state index in [4.69, 9.17) is 0 Å². The monoisotopic (exact) mass is 463 g/mol. The van der Waals surface area contributed by atoms with Gasteiger partial charge in [0.25, 0.3) is 0 Å². The largest absolute Gasteiger partial charge is 0.390 e. The van der Waals surface area contributed by atoms with Crippen LogP contribution in [-0.2, 0) is 22.0 Å². The number of nitrogens with one attached hydrogen (secondary N) is 1. The van der Waals surface area contributed by atoms with Gasteiger partial charge in [-0.15, -0.1) is 0 Å². The molecule has 176 valence electrons. The standard InChI is InChI=1S/C22H33N5O4S/c1-17-16-21(27(28)29)24-25(17)14-5-15-26(19-10-12-23-13-11-19)32(30,31)20-8-6-18(7-9-20)22(2,3)4/h6-9,16,19,23H,5,10-15H2,1-4H3. The van der Waals surface area contributed by atoms with Gasteiger partial charge in [-0.1, -0.05) is 32.9 Å². The highest BCUT2D eigenvalue weighted by molar-refractivity contribution is 7.89. The zero-order valence-corrected chi connectivity index (χ0v) is 20.1. The normalized spacial score (nSPS) is 15.9. The third kappa shape index (κ3) is 5.54. The molecule has 0 bridgehead atoms. The van der Waals surface area contributed by atoms with Crippen LogP contribution in [0.15, 0.2) is 35.2 Å². The number of benzene rings is 1. The van der Waals surface area contributed by atoms with Gasteiger partial charge in [-0.25, -0.2) is 8.42 Å². The number of rotatable bonds is 8. The first kappa shape index (κ1) is 24.3. The molecule has 1 aliphatic rings. The van der Waals surface area contributed by atoms with Crippen LogP contribution in [0, 0.1) is 17.0 Å². The van der Waals surface area contributed by atoms with E-state index < -0.39 is 14.9 Å². The van der Waals surface area contributed by atoms with E-state index in [1.807, 2.05) is 12.1 Å². The molecule has 0 radical (unpaired) electrons. The SMILES string of the molecule is Cc1cc([N+](=O)[O-])nn1CCCN(C1CCNCC1)S(=O)(=O)c1ccc(C(C)(C)C)cc1. The van der Waals surface area contributed by atoms with Gasteiger partial charge in [-0.2, -0.15) is 8.99 Å². The highest BCUT2D eigenvalue weighted by Gasteiger charge is 2.32. The first-order chi connectivity index (χ1) is 15.0. The number of aromatic nitrogens is 2. The molecule has 0 unspecified atom stereocenters. The second-order valence-electron chi connectivity index (χ2n) is 9.35. The van der Waals surface area contributed by atoms with Gasteiger partial charge in [0, 0.05) is 12.6 Å². The van der Waals surface area contributed by atoms with E-state index in [9.17, 15) is 18.5 Å². The van der Waals surface area contributed by atoms with E-state index in [1.54, 1.807) is 28.0 Å². The van der Waals surface area contributed by atoms with Crippen LogP contribution in [0.5, 0.6) is 0 Å². The minimum atomic E-state index is -3.67. The van der Waals surface area contributed by atoms with Crippen LogP contribution in [0.3, 0.4) is 0 Å². The van der Waals surface area contributed by atoms with E-state index in [0.717, 1.165) is 31.5 Å². The Balaban J connectivity index is 1.80. The third-order valence-corrected chi connectivity index (χ3v) is 7.91. The molecule has 0 amide bonds. The quantitative estimate of drug-likeness (QED) is 0.475. The summed E-state index contributed by atoms with van der Waals surface area (Å²) in [6.07, 6.45) is 2.03. The summed E-state index contributed by atoms with van der Waals surface area (Å²) >= 11 is 0. The van der Waals surface area contributed by atoms with Crippen molar-refractivity contribution in [2.24, 2.45) is 0 Å². The summed E-state index contributed by atoms with van der Waals surface area (Å²) in [5.41, 5.74) is 1.72. The Morgan fingerprint density at radius 2 is 1.84 bits per heavy atom. The average molecular weight is 464 g/mol. The molecule has 1 saturated heterocycles. The summed E-state index contributed by atoms with van der Waals surface area (Å²) in [7, 11) is -3.67. The van der Waals surface area contributed by atoms with Gasteiger partial charge in [0.2, 0.25) is 10.0 Å². The van der Waals surface area contributed by atoms with Crippen LogP contribution in [0.1, 0.15) is 51.3 Å². The molecule has 0 spiro atoms. The fourth-order valence-corrected chi connectivity index (χ4v) is 5.76. The lowest BCUT2D eigenvalue weighted by molar-refractivity contribution is -0.389. The predicted octanol–water partition coefficient (Wildman–Crippen LogP) is 3.23. The molecular formula is C22H33N5O4S. The maximum atomic E-state index is 13.6. The molecule has 1 N–H and O–H groups in total. The average Bonchev–Trinajstić information content (AvgIpc) is 3.12. The Labute approximate surface area is 190 Å². The number of hydrogen-bond acceptors (Lipinski definition) is 6. The van der Waals surface area contributed by atoms with Gasteiger partial charge in [0.05, 0.1) is 28.3 Å². The molecule has 1 aliphatic heterocycles. The molecule has 1 fully saturated rings. The van der Waals surface area contributed by atoms with Gasteiger partial charge < -0.3 is 15.4 Å². The lowest BCUT2D eigenvalue weighted by Gasteiger charge is -2.34. The van der Waals surface area contributed by atoms with E-state index in [-0.39, 0.29) is 17.3 Å². The van der Waals surface area contributed by atoms with E-state index >= 15 is 0 Å². The Kier molecular flexibility index (Phi) is 7.36. The number of nitro groups is 1. The lowest BCUT2D eigenvalue weighted by Crippen LogP contribution is -2.46. The Morgan fingerprint density at radius 3 is 2.38 bits per heavy atom. The molecule has 32 heavy (non-hydrogen) atoms. The first-order valence-corrected chi connectivity index (χ1v) is 12.5. The van der Waals surface area contributed by atoms with E-state index in [2.05, 4.69) is 31.2 Å². The minimum Gasteiger partial charge on any atom is -0.358 e. The van der Waals surface area contributed by atoms with Crippen LogP contribution in [-0.4, -0.2) is 53.1 Å². The summed E-state index contributed by atoms with van der Waals surface area (Å²) in [4.78, 5) is 10.7.